The first kappa shape index (κ1) is 19.0. The van der Waals surface area contributed by atoms with Crippen LogP contribution in [0.3, 0.4) is 0 Å². The maximum Gasteiger partial charge on any atom is 0.231 e. The number of hydrogen-bond acceptors (Lipinski definition) is 4. The predicted molar refractivity (Wildman–Crippen MR) is 100 cm³/mol. The highest BCUT2D eigenvalue weighted by molar-refractivity contribution is 5.44. The lowest BCUT2D eigenvalue weighted by atomic mass is 10.1. The highest BCUT2D eigenvalue weighted by Gasteiger charge is 2.25. The van der Waals surface area contributed by atoms with E-state index < -0.39 is 6.10 Å². The summed E-state index contributed by atoms with van der Waals surface area (Å²) in [5.74, 6) is 1.95. The topological polar surface area (TPSA) is 56.8 Å². The maximum absolute atomic E-state index is 12.9. The molecule has 0 saturated carbocycles. The minimum absolute atomic E-state index is 0.225. The summed E-state index contributed by atoms with van der Waals surface area (Å²) in [7, 11) is 0. The molecule has 2 aromatic carbocycles. The van der Waals surface area contributed by atoms with Gasteiger partial charge in [-0.3, -0.25) is 0 Å². The molecule has 1 atom stereocenters. The van der Waals surface area contributed by atoms with Crippen LogP contribution < -0.4 is 24.0 Å². The van der Waals surface area contributed by atoms with E-state index in [1.54, 1.807) is 17.0 Å². The molecule has 0 unspecified atom stereocenters. The quantitative estimate of drug-likeness (QED) is 0.584. The van der Waals surface area contributed by atoms with Gasteiger partial charge in [0.2, 0.25) is 6.79 Å². The van der Waals surface area contributed by atoms with Crippen molar-refractivity contribution in [2.45, 2.75) is 12.6 Å². The number of fused-ring (bicyclic) bond motifs is 1. The Morgan fingerprint density at radius 3 is 2.46 bits per heavy atom. The van der Waals surface area contributed by atoms with Gasteiger partial charge in [-0.15, -0.1) is 0 Å². The summed E-state index contributed by atoms with van der Waals surface area (Å²) in [5, 5.41) is 10.3. The van der Waals surface area contributed by atoms with Gasteiger partial charge in [0.15, 0.2) is 11.5 Å². The Bertz CT molecular complexity index is 778. The van der Waals surface area contributed by atoms with E-state index >= 15 is 0 Å². The van der Waals surface area contributed by atoms with Crippen molar-refractivity contribution in [3.8, 4) is 17.2 Å². The number of quaternary nitrogens is 2. The number of ether oxygens (including phenoxy) is 3. The molecule has 1 saturated heterocycles. The molecule has 28 heavy (non-hydrogen) atoms. The second-order valence-electron chi connectivity index (χ2n) is 7.49. The zero-order valence-corrected chi connectivity index (χ0v) is 15.8. The molecule has 0 radical (unpaired) electrons. The maximum atomic E-state index is 12.9. The monoisotopic (exact) mass is 390 g/mol. The van der Waals surface area contributed by atoms with E-state index in [1.165, 1.54) is 22.6 Å². The van der Waals surface area contributed by atoms with E-state index in [0.29, 0.717) is 19.1 Å². The molecule has 0 aliphatic carbocycles. The highest BCUT2D eigenvalue weighted by Crippen LogP contribution is 2.32. The Kier molecular flexibility index (Phi) is 5.95. The largest absolute Gasteiger partial charge is 0.491 e. The number of halogens is 1. The van der Waals surface area contributed by atoms with Gasteiger partial charge < -0.3 is 29.1 Å². The van der Waals surface area contributed by atoms with Crippen molar-refractivity contribution >= 4 is 0 Å². The number of aliphatic hydroxyl groups is 1. The first-order valence-electron chi connectivity index (χ1n) is 9.78. The molecule has 0 spiro atoms. The molecule has 0 amide bonds. The molecule has 2 aliphatic heterocycles. The molecule has 2 aliphatic rings. The zero-order chi connectivity index (χ0) is 19.3. The average molecular weight is 390 g/mol. The van der Waals surface area contributed by atoms with Gasteiger partial charge >= 0.3 is 0 Å². The van der Waals surface area contributed by atoms with E-state index in [-0.39, 0.29) is 12.4 Å². The van der Waals surface area contributed by atoms with Crippen LogP contribution in [-0.2, 0) is 6.54 Å². The Morgan fingerprint density at radius 2 is 1.68 bits per heavy atom. The first-order valence-corrected chi connectivity index (χ1v) is 9.78. The van der Waals surface area contributed by atoms with Gasteiger partial charge in [0, 0.05) is 5.56 Å². The van der Waals surface area contributed by atoms with Gasteiger partial charge in [0.1, 0.15) is 63.5 Å². The summed E-state index contributed by atoms with van der Waals surface area (Å²) >= 11 is 0. The SMILES string of the molecule is O[C@@H](COc1ccc(F)cc1)C[NH+]1CC[NH+](Cc2ccc3c(c2)OCO3)CC1. The van der Waals surface area contributed by atoms with Gasteiger partial charge in [-0.25, -0.2) is 4.39 Å². The van der Waals surface area contributed by atoms with Crippen LogP contribution in [0.2, 0.25) is 0 Å². The van der Waals surface area contributed by atoms with E-state index in [4.69, 9.17) is 14.2 Å². The average Bonchev–Trinajstić information content (AvgIpc) is 3.17. The van der Waals surface area contributed by atoms with Gasteiger partial charge in [-0.2, -0.15) is 0 Å². The third-order valence-corrected chi connectivity index (χ3v) is 5.34. The Hall–Kier alpha value is -2.35. The van der Waals surface area contributed by atoms with E-state index in [9.17, 15) is 9.50 Å². The van der Waals surface area contributed by atoms with Crippen molar-refractivity contribution in [3.63, 3.8) is 0 Å². The van der Waals surface area contributed by atoms with Gasteiger partial charge in [-0.05, 0) is 42.5 Å². The summed E-state index contributed by atoms with van der Waals surface area (Å²) in [6.07, 6.45) is -0.532. The fraction of sp³-hybridized carbons (Fsp3) is 0.429. The van der Waals surface area contributed by atoms with Crippen molar-refractivity contribution in [1.29, 1.82) is 0 Å². The smallest absolute Gasteiger partial charge is 0.231 e. The second-order valence-corrected chi connectivity index (χ2v) is 7.49. The lowest BCUT2D eigenvalue weighted by molar-refractivity contribution is -1.02. The lowest BCUT2D eigenvalue weighted by Crippen LogP contribution is -3.28. The van der Waals surface area contributed by atoms with Crippen LogP contribution in [0.25, 0.3) is 0 Å². The van der Waals surface area contributed by atoms with Crippen LogP contribution in [-0.4, -0.2) is 57.3 Å². The third-order valence-electron chi connectivity index (χ3n) is 5.34. The van der Waals surface area contributed by atoms with Crippen molar-refractivity contribution in [3.05, 3.63) is 53.8 Å². The Morgan fingerprint density at radius 1 is 0.964 bits per heavy atom. The Labute approximate surface area is 164 Å². The Balaban J connectivity index is 1.18. The molecule has 7 heteroatoms. The van der Waals surface area contributed by atoms with Crippen LogP contribution in [0.1, 0.15) is 5.56 Å². The van der Waals surface area contributed by atoms with Gasteiger partial charge in [0.05, 0.1) is 0 Å². The van der Waals surface area contributed by atoms with Crippen LogP contribution in [0, 0.1) is 5.82 Å². The standard InChI is InChI=1S/C21H25FN2O4/c22-17-2-4-19(5-3-17)26-14-18(25)13-24-9-7-23(8-10-24)12-16-1-6-20-21(11-16)28-15-27-20/h1-6,11,18,25H,7-10,12-15H2/p+2/t18-/m1/s1. The van der Waals surface area contributed by atoms with Crippen molar-refractivity contribution < 1.29 is 33.5 Å². The number of piperazine rings is 1. The molecule has 4 rings (SSSR count). The van der Waals surface area contributed by atoms with Crippen molar-refractivity contribution in [2.24, 2.45) is 0 Å². The summed E-state index contributed by atoms with van der Waals surface area (Å²) in [6, 6.07) is 12.0. The number of aliphatic hydroxyl groups excluding tert-OH is 1. The fourth-order valence-electron chi connectivity index (χ4n) is 3.79. The second kappa shape index (κ2) is 8.77. The van der Waals surface area contributed by atoms with Crippen LogP contribution in [0.5, 0.6) is 17.2 Å². The fourth-order valence-corrected chi connectivity index (χ4v) is 3.79. The molecule has 6 nitrogen and oxygen atoms in total. The molecular weight excluding hydrogens is 363 g/mol. The van der Waals surface area contributed by atoms with Gasteiger partial charge in [-0.1, -0.05) is 0 Å². The molecular formula is C21H27FN2O4+2. The predicted octanol–water partition coefficient (Wildman–Crippen LogP) is -0.722. The minimum atomic E-state index is -0.532. The molecule has 0 bridgehead atoms. The van der Waals surface area contributed by atoms with E-state index in [2.05, 4.69) is 12.1 Å². The molecule has 0 aromatic heterocycles. The van der Waals surface area contributed by atoms with Gasteiger partial charge in [0.25, 0.3) is 0 Å². The molecule has 3 N–H and O–H groups in total. The summed E-state index contributed by atoms with van der Waals surface area (Å²) < 4.78 is 29.3. The first-order chi connectivity index (χ1) is 13.7. The normalized spacial score (nSPS) is 22.1. The van der Waals surface area contributed by atoms with Crippen molar-refractivity contribution in [1.82, 2.24) is 0 Å². The van der Waals surface area contributed by atoms with E-state index in [1.807, 2.05) is 6.07 Å². The van der Waals surface area contributed by atoms with E-state index in [0.717, 1.165) is 44.2 Å². The number of benzene rings is 2. The van der Waals surface area contributed by atoms with Crippen LogP contribution in [0.4, 0.5) is 4.39 Å². The molecule has 150 valence electrons. The number of hydrogen-bond donors (Lipinski definition) is 3. The minimum Gasteiger partial charge on any atom is -0.491 e. The number of rotatable bonds is 7. The third kappa shape index (κ3) is 4.92. The van der Waals surface area contributed by atoms with Crippen LogP contribution in [0.15, 0.2) is 42.5 Å². The molecule has 1 fully saturated rings. The van der Waals surface area contributed by atoms with Crippen LogP contribution >= 0.6 is 0 Å². The van der Waals surface area contributed by atoms with Crippen molar-refractivity contribution in [2.75, 3.05) is 46.1 Å². The molecule has 2 heterocycles. The lowest BCUT2D eigenvalue weighted by Gasteiger charge is -2.30. The molecule has 2 aromatic rings. The number of nitrogens with one attached hydrogen (secondary N) is 2. The summed E-state index contributed by atoms with van der Waals surface area (Å²) in [6.45, 7) is 6.34. The highest BCUT2D eigenvalue weighted by atomic mass is 19.1. The summed E-state index contributed by atoms with van der Waals surface area (Å²) in [4.78, 5) is 2.93. The summed E-state index contributed by atoms with van der Waals surface area (Å²) in [5.41, 5.74) is 1.26. The zero-order valence-electron chi connectivity index (χ0n) is 15.8.